The second-order valence-corrected chi connectivity index (χ2v) is 5.18. The van der Waals surface area contributed by atoms with Crippen LogP contribution in [-0.2, 0) is 0 Å². The van der Waals surface area contributed by atoms with Crippen molar-refractivity contribution in [1.82, 2.24) is 14.6 Å². The van der Waals surface area contributed by atoms with Crippen LogP contribution in [0.3, 0.4) is 0 Å². The monoisotopic (exact) mass is 233 g/mol. The average molecular weight is 233 g/mol. The Labute approximate surface area is 97.1 Å². The van der Waals surface area contributed by atoms with Crippen molar-refractivity contribution in [3.05, 3.63) is 29.7 Å². The van der Waals surface area contributed by atoms with Crippen LogP contribution in [0.5, 0.6) is 0 Å². The molecular formula is C11H11N3OS. The Kier molecular flexibility index (Phi) is 2.40. The minimum Gasteiger partial charge on any atom is -0.298 e. The highest BCUT2D eigenvalue weighted by Crippen LogP contribution is 2.38. The first-order valence-corrected chi connectivity index (χ1v) is 6.35. The van der Waals surface area contributed by atoms with Gasteiger partial charge in [0.05, 0.1) is 5.25 Å². The quantitative estimate of drug-likeness (QED) is 0.745. The molecule has 0 N–H and O–H groups in total. The van der Waals surface area contributed by atoms with E-state index in [-0.39, 0.29) is 0 Å². The van der Waals surface area contributed by atoms with Crippen LogP contribution in [0.2, 0.25) is 0 Å². The molecule has 1 atom stereocenters. The van der Waals surface area contributed by atoms with Crippen molar-refractivity contribution in [1.29, 1.82) is 0 Å². The molecular weight excluding hydrogens is 222 g/mol. The number of aldehydes is 1. The van der Waals surface area contributed by atoms with Crippen LogP contribution in [0, 0.1) is 0 Å². The maximum Gasteiger partial charge on any atom is 0.160 e. The van der Waals surface area contributed by atoms with E-state index in [1.165, 1.54) is 12.2 Å². The molecule has 82 valence electrons. The minimum absolute atomic E-state index is 0.428. The third-order valence-corrected chi connectivity index (χ3v) is 4.18. The molecule has 5 heteroatoms. The fourth-order valence-corrected chi connectivity index (χ4v) is 3.26. The Balaban J connectivity index is 2.13. The molecule has 2 aromatic heterocycles. The molecule has 4 nitrogen and oxygen atoms in total. The molecule has 1 aliphatic rings. The van der Waals surface area contributed by atoms with Crippen molar-refractivity contribution in [2.75, 3.05) is 5.75 Å². The second kappa shape index (κ2) is 3.90. The fourth-order valence-electron chi connectivity index (χ4n) is 2.00. The lowest BCUT2D eigenvalue weighted by Gasteiger charge is -2.05. The molecule has 3 heterocycles. The van der Waals surface area contributed by atoms with Gasteiger partial charge in [-0.25, -0.2) is 0 Å². The van der Waals surface area contributed by atoms with Gasteiger partial charge in [0.1, 0.15) is 0 Å². The van der Waals surface area contributed by atoms with Gasteiger partial charge in [-0.15, -0.1) is 10.2 Å². The van der Waals surface area contributed by atoms with Crippen LogP contribution >= 0.6 is 11.8 Å². The van der Waals surface area contributed by atoms with Gasteiger partial charge in [0, 0.05) is 11.8 Å². The fraction of sp³-hybridized carbons (Fsp3) is 0.364. The first-order chi connectivity index (χ1) is 7.88. The van der Waals surface area contributed by atoms with Gasteiger partial charge in [0.15, 0.2) is 17.8 Å². The third kappa shape index (κ3) is 1.51. The summed E-state index contributed by atoms with van der Waals surface area (Å²) in [6.45, 7) is 0. The van der Waals surface area contributed by atoms with E-state index in [1.54, 1.807) is 6.07 Å². The lowest BCUT2D eigenvalue weighted by atomic mass is 10.2. The van der Waals surface area contributed by atoms with Gasteiger partial charge in [0.2, 0.25) is 0 Å². The number of nitrogens with zero attached hydrogens (tertiary/aromatic N) is 3. The summed E-state index contributed by atoms with van der Waals surface area (Å²) in [4.78, 5) is 10.7. The Morgan fingerprint density at radius 1 is 1.44 bits per heavy atom. The number of rotatable bonds is 2. The summed E-state index contributed by atoms with van der Waals surface area (Å²) in [7, 11) is 0. The number of aromatic nitrogens is 3. The summed E-state index contributed by atoms with van der Waals surface area (Å²) < 4.78 is 1.94. The molecule has 16 heavy (non-hydrogen) atoms. The molecule has 1 unspecified atom stereocenters. The van der Waals surface area contributed by atoms with Crippen LogP contribution in [0.15, 0.2) is 18.3 Å². The summed E-state index contributed by atoms with van der Waals surface area (Å²) >= 11 is 1.92. The van der Waals surface area contributed by atoms with Gasteiger partial charge in [-0.2, -0.15) is 11.8 Å². The Morgan fingerprint density at radius 3 is 3.12 bits per heavy atom. The maximum absolute atomic E-state index is 10.7. The number of carbonyl (C=O) groups is 1. The van der Waals surface area contributed by atoms with E-state index in [0.717, 1.165) is 24.2 Å². The van der Waals surface area contributed by atoms with Gasteiger partial charge in [-0.05, 0) is 30.7 Å². The molecule has 3 rings (SSSR count). The normalized spacial score (nSPS) is 20.4. The molecule has 0 bridgehead atoms. The zero-order valence-corrected chi connectivity index (χ0v) is 9.48. The summed E-state index contributed by atoms with van der Waals surface area (Å²) in [6, 6.07) is 3.60. The first kappa shape index (κ1) is 9.84. The van der Waals surface area contributed by atoms with Crippen LogP contribution in [-0.4, -0.2) is 26.6 Å². The van der Waals surface area contributed by atoms with E-state index in [0.29, 0.717) is 10.8 Å². The first-order valence-electron chi connectivity index (χ1n) is 5.30. The van der Waals surface area contributed by atoms with Gasteiger partial charge in [-0.3, -0.25) is 9.20 Å². The molecule has 2 aromatic rings. The standard InChI is InChI=1S/C11H11N3OS/c15-7-8-3-4-10-12-13-11(14(10)6-8)9-2-1-5-16-9/h3-4,6-7,9H,1-2,5H2. The van der Waals surface area contributed by atoms with Crippen molar-refractivity contribution >= 4 is 23.7 Å². The van der Waals surface area contributed by atoms with Gasteiger partial charge >= 0.3 is 0 Å². The summed E-state index contributed by atoms with van der Waals surface area (Å²) in [6.07, 6.45) is 5.05. The predicted octanol–water partition coefficient (Wildman–Crippen LogP) is 2.11. The van der Waals surface area contributed by atoms with Gasteiger partial charge < -0.3 is 0 Å². The average Bonchev–Trinajstić information content (AvgIpc) is 2.96. The topological polar surface area (TPSA) is 47.3 Å². The lowest BCUT2D eigenvalue weighted by Crippen LogP contribution is -1.98. The highest BCUT2D eigenvalue weighted by atomic mass is 32.2. The lowest BCUT2D eigenvalue weighted by molar-refractivity contribution is 0.112. The number of fused-ring (bicyclic) bond motifs is 1. The molecule has 0 aliphatic carbocycles. The van der Waals surface area contributed by atoms with Crippen LogP contribution < -0.4 is 0 Å². The van der Waals surface area contributed by atoms with Gasteiger partial charge in [0.25, 0.3) is 0 Å². The molecule has 0 aromatic carbocycles. The highest BCUT2D eigenvalue weighted by Gasteiger charge is 2.22. The van der Waals surface area contributed by atoms with Crippen LogP contribution in [0.4, 0.5) is 0 Å². The van der Waals surface area contributed by atoms with Crippen molar-refractivity contribution in [2.45, 2.75) is 18.1 Å². The van der Waals surface area contributed by atoms with Crippen molar-refractivity contribution < 1.29 is 4.79 Å². The molecule has 1 saturated heterocycles. The Hall–Kier alpha value is -1.36. The SMILES string of the molecule is O=Cc1ccc2nnc(C3CCCS3)n2c1. The van der Waals surface area contributed by atoms with E-state index in [9.17, 15) is 4.79 Å². The molecule has 0 spiro atoms. The Bertz CT molecular complexity index is 531. The van der Waals surface area contributed by atoms with E-state index < -0.39 is 0 Å². The number of pyridine rings is 1. The van der Waals surface area contributed by atoms with Crippen molar-refractivity contribution in [3.63, 3.8) is 0 Å². The minimum atomic E-state index is 0.428. The van der Waals surface area contributed by atoms with E-state index >= 15 is 0 Å². The van der Waals surface area contributed by atoms with E-state index in [4.69, 9.17) is 0 Å². The molecule has 0 saturated carbocycles. The zero-order chi connectivity index (χ0) is 11.0. The summed E-state index contributed by atoms with van der Waals surface area (Å²) in [5.74, 6) is 2.16. The van der Waals surface area contributed by atoms with Crippen LogP contribution in [0.1, 0.15) is 34.3 Å². The zero-order valence-electron chi connectivity index (χ0n) is 8.67. The smallest absolute Gasteiger partial charge is 0.160 e. The maximum atomic E-state index is 10.7. The van der Waals surface area contributed by atoms with Crippen molar-refractivity contribution in [2.24, 2.45) is 0 Å². The predicted molar refractivity (Wildman–Crippen MR) is 62.8 cm³/mol. The molecule has 1 fully saturated rings. The van der Waals surface area contributed by atoms with Gasteiger partial charge in [-0.1, -0.05) is 0 Å². The molecule has 1 aliphatic heterocycles. The summed E-state index contributed by atoms with van der Waals surface area (Å²) in [5, 5.41) is 8.78. The second-order valence-electron chi connectivity index (χ2n) is 3.87. The highest BCUT2D eigenvalue weighted by molar-refractivity contribution is 7.99. The molecule has 0 radical (unpaired) electrons. The Morgan fingerprint density at radius 2 is 2.38 bits per heavy atom. The number of hydrogen-bond acceptors (Lipinski definition) is 4. The van der Waals surface area contributed by atoms with Crippen LogP contribution in [0.25, 0.3) is 5.65 Å². The largest absolute Gasteiger partial charge is 0.298 e. The van der Waals surface area contributed by atoms with E-state index in [2.05, 4.69) is 10.2 Å². The van der Waals surface area contributed by atoms with E-state index in [1.807, 2.05) is 28.4 Å². The molecule has 0 amide bonds. The number of carbonyl (C=O) groups excluding carboxylic acids is 1. The number of hydrogen-bond donors (Lipinski definition) is 0. The number of thioether (sulfide) groups is 1. The summed E-state index contributed by atoms with van der Waals surface area (Å²) in [5.41, 5.74) is 1.48. The third-order valence-electron chi connectivity index (χ3n) is 2.81. The van der Waals surface area contributed by atoms with Crippen molar-refractivity contribution in [3.8, 4) is 0 Å².